The van der Waals surface area contributed by atoms with Crippen molar-refractivity contribution in [3.8, 4) is 23.0 Å². The number of rotatable bonds is 8. The molecule has 1 aromatic heterocycles. The molecular weight excluding hydrogens is 456 g/mol. The highest BCUT2D eigenvalue weighted by molar-refractivity contribution is 5.89. The van der Waals surface area contributed by atoms with Gasteiger partial charge in [0.05, 0.1) is 33.8 Å². The molecule has 0 bridgehead atoms. The van der Waals surface area contributed by atoms with E-state index < -0.39 is 0 Å². The molecule has 1 atom stereocenters. The number of carbonyl (C=O) groups is 1. The van der Waals surface area contributed by atoms with E-state index in [0.29, 0.717) is 36.8 Å². The second kappa shape index (κ2) is 10.2. The highest BCUT2D eigenvalue weighted by Crippen LogP contribution is 2.39. The number of nitrogens with zero attached hydrogens (tertiary/aromatic N) is 1. The smallest absolute Gasteiger partial charge is 0.227 e. The molecule has 2 heterocycles. The Morgan fingerprint density at radius 2 is 1.67 bits per heavy atom. The van der Waals surface area contributed by atoms with Gasteiger partial charge in [0.2, 0.25) is 5.91 Å². The number of nitrogens with one attached hydrogen (secondary N) is 1. The fraction of sp³-hybridized carbons (Fsp3) is 0.276. The molecule has 1 aliphatic heterocycles. The molecule has 7 heteroatoms. The van der Waals surface area contributed by atoms with Gasteiger partial charge in [0, 0.05) is 23.6 Å². The second-order valence-corrected chi connectivity index (χ2v) is 8.78. The van der Waals surface area contributed by atoms with Crippen molar-refractivity contribution in [1.82, 2.24) is 9.88 Å². The van der Waals surface area contributed by atoms with Crippen LogP contribution in [0.15, 0.2) is 66.9 Å². The summed E-state index contributed by atoms with van der Waals surface area (Å²) in [6.07, 6.45) is 2.97. The summed E-state index contributed by atoms with van der Waals surface area (Å²) in [4.78, 5) is 18.9. The molecule has 0 saturated heterocycles. The Balaban J connectivity index is 1.45. The Morgan fingerprint density at radius 1 is 0.944 bits per heavy atom. The number of benzene rings is 3. The van der Waals surface area contributed by atoms with Crippen LogP contribution in [0.25, 0.3) is 10.9 Å². The van der Waals surface area contributed by atoms with Crippen molar-refractivity contribution < 1.29 is 23.7 Å². The SMILES string of the molecule is COc1ccc(OCC2c3cc(OC)c(OC)cc3CCN2C(=O)Cc2c[nH]c3ccccc23)cc1. The second-order valence-electron chi connectivity index (χ2n) is 8.78. The van der Waals surface area contributed by atoms with Crippen LogP contribution < -0.4 is 18.9 Å². The Hall–Kier alpha value is -4.13. The lowest BCUT2D eigenvalue weighted by Crippen LogP contribution is -2.43. The normalized spacial score (nSPS) is 14.9. The number of aromatic nitrogens is 1. The Morgan fingerprint density at radius 3 is 2.42 bits per heavy atom. The fourth-order valence-corrected chi connectivity index (χ4v) is 4.90. The van der Waals surface area contributed by atoms with Gasteiger partial charge in [0.15, 0.2) is 11.5 Å². The van der Waals surface area contributed by atoms with Gasteiger partial charge in [0.1, 0.15) is 18.1 Å². The summed E-state index contributed by atoms with van der Waals surface area (Å²) < 4.78 is 22.5. The minimum absolute atomic E-state index is 0.0588. The molecule has 0 spiro atoms. The lowest BCUT2D eigenvalue weighted by Gasteiger charge is -2.37. The van der Waals surface area contributed by atoms with Crippen LogP contribution in [0.3, 0.4) is 0 Å². The molecular formula is C29H30N2O5. The third-order valence-corrected chi connectivity index (χ3v) is 6.81. The zero-order valence-electron chi connectivity index (χ0n) is 20.7. The third-order valence-electron chi connectivity index (χ3n) is 6.81. The first kappa shape index (κ1) is 23.6. The highest BCUT2D eigenvalue weighted by Gasteiger charge is 2.33. The predicted molar refractivity (Wildman–Crippen MR) is 138 cm³/mol. The molecule has 0 fully saturated rings. The zero-order chi connectivity index (χ0) is 25.1. The molecule has 1 unspecified atom stereocenters. The van der Waals surface area contributed by atoms with Gasteiger partial charge in [-0.1, -0.05) is 18.2 Å². The number of hydrogen-bond acceptors (Lipinski definition) is 5. The molecule has 0 saturated carbocycles. The van der Waals surface area contributed by atoms with Crippen molar-refractivity contribution in [3.05, 3.63) is 83.6 Å². The summed E-state index contributed by atoms with van der Waals surface area (Å²) in [6.45, 7) is 0.911. The molecule has 186 valence electrons. The van der Waals surface area contributed by atoms with Crippen molar-refractivity contribution in [1.29, 1.82) is 0 Å². The molecule has 0 aliphatic carbocycles. The first-order valence-electron chi connectivity index (χ1n) is 12.0. The quantitative estimate of drug-likeness (QED) is 0.382. The van der Waals surface area contributed by atoms with Gasteiger partial charge in [-0.05, 0) is 65.6 Å². The first-order chi connectivity index (χ1) is 17.6. The summed E-state index contributed by atoms with van der Waals surface area (Å²) in [7, 11) is 4.89. The molecule has 3 aromatic carbocycles. The minimum Gasteiger partial charge on any atom is -0.497 e. The van der Waals surface area contributed by atoms with Gasteiger partial charge < -0.3 is 28.8 Å². The van der Waals surface area contributed by atoms with Gasteiger partial charge in [-0.15, -0.1) is 0 Å². The molecule has 0 radical (unpaired) electrons. The maximum atomic E-state index is 13.7. The average Bonchev–Trinajstić information content (AvgIpc) is 3.33. The van der Waals surface area contributed by atoms with Crippen molar-refractivity contribution in [2.24, 2.45) is 0 Å². The summed E-state index contributed by atoms with van der Waals surface area (Å²) in [5.74, 6) is 2.86. The summed E-state index contributed by atoms with van der Waals surface area (Å²) in [6, 6.07) is 19.2. The van der Waals surface area contributed by atoms with Crippen molar-refractivity contribution in [3.63, 3.8) is 0 Å². The van der Waals surface area contributed by atoms with E-state index in [1.807, 2.05) is 71.8 Å². The van der Waals surface area contributed by atoms with Gasteiger partial charge in [-0.25, -0.2) is 0 Å². The fourth-order valence-electron chi connectivity index (χ4n) is 4.90. The summed E-state index contributed by atoms with van der Waals surface area (Å²) >= 11 is 0. The maximum Gasteiger partial charge on any atom is 0.227 e. The van der Waals surface area contributed by atoms with Crippen LogP contribution in [0.1, 0.15) is 22.7 Å². The van der Waals surface area contributed by atoms with E-state index in [1.54, 1.807) is 21.3 Å². The zero-order valence-corrected chi connectivity index (χ0v) is 20.7. The lowest BCUT2D eigenvalue weighted by atomic mass is 9.91. The lowest BCUT2D eigenvalue weighted by molar-refractivity contribution is -0.134. The highest BCUT2D eigenvalue weighted by atomic mass is 16.5. The van der Waals surface area contributed by atoms with Gasteiger partial charge in [-0.2, -0.15) is 0 Å². The molecule has 36 heavy (non-hydrogen) atoms. The molecule has 5 rings (SSSR count). The van der Waals surface area contributed by atoms with E-state index in [1.165, 1.54) is 0 Å². The van der Waals surface area contributed by atoms with Crippen LogP contribution in [-0.2, 0) is 17.6 Å². The van der Waals surface area contributed by atoms with Crippen molar-refractivity contribution in [2.45, 2.75) is 18.9 Å². The number of hydrogen-bond donors (Lipinski definition) is 1. The largest absolute Gasteiger partial charge is 0.497 e. The standard InChI is InChI=1S/C29H30N2O5/c1-33-21-8-10-22(11-9-21)36-18-26-24-16-28(35-3)27(34-2)14-19(24)12-13-31(26)29(32)15-20-17-30-25-7-5-4-6-23(20)25/h4-11,14,16-17,26,30H,12-13,15,18H2,1-3H3. The number of aromatic amines is 1. The Bertz CT molecular complexity index is 1360. The van der Waals surface area contributed by atoms with Crippen LogP contribution in [0, 0.1) is 0 Å². The van der Waals surface area contributed by atoms with E-state index in [9.17, 15) is 4.79 Å². The number of methoxy groups -OCH3 is 3. The number of amides is 1. The molecule has 1 N–H and O–H groups in total. The van der Waals surface area contributed by atoms with E-state index in [0.717, 1.165) is 39.8 Å². The number of ether oxygens (including phenoxy) is 4. The Kier molecular flexibility index (Phi) is 6.71. The van der Waals surface area contributed by atoms with Crippen LogP contribution in [-0.4, -0.2) is 50.3 Å². The van der Waals surface area contributed by atoms with E-state index in [2.05, 4.69) is 4.98 Å². The number of H-pyrrole nitrogens is 1. The topological polar surface area (TPSA) is 73.0 Å². The molecule has 1 aliphatic rings. The Labute approximate surface area is 210 Å². The van der Waals surface area contributed by atoms with Crippen molar-refractivity contribution >= 4 is 16.8 Å². The molecule has 4 aromatic rings. The first-order valence-corrected chi connectivity index (χ1v) is 12.0. The molecule has 7 nitrogen and oxygen atoms in total. The summed E-state index contributed by atoms with van der Waals surface area (Å²) in [5, 5.41) is 1.07. The summed E-state index contributed by atoms with van der Waals surface area (Å²) in [5.41, 5.74) is 4.16. The number of carbonyl (C=O) groups excluding carboxylic acids is 1. The van der Waals surface area contributed by atoms with E-state index in [-0.39, 0.29) is 11.9 Å². The van der Waals surface area contributed by atoms with E-state index in [4.69, 9.17) is 18.9 Å². The monoisotopic (exact) mass is 486 g/mol. The average molecular weight is 487 g/mol. The van der Waals surface area contributed by atoms with Crippen LogP contribution in [0.5, 0.6) is 23.0 Å². The minimum atomic E-state index is -0.270. The van der Waals surface area contributed by atoms with Gasteiger partial charge in [-0.3, -0.25) is 4.79 Å². The number of fused-ring (bicyclic) bond motifs is 2. The van der Waals surface area contributed by atoms with Crippen LogP contribution >= 0.6 is 0 Å². The van der Waals surface area contributed by atoms with Gasteiger partial charge >= 0.3 is 0 Å². The molecule has 1 amide bonds. The third kappa shape index (κ3) is 4.56. The van der Waals surface area contributed by atoms with Crippen LogP contribution in [0.2, 0.25) is 0 Å². The van der Waals surface area contributed by atoms with Crippen molar-refractivity contribution in [2.75, 3.05) is 34.5 Å². The maximum absolute atomic E-state index is 13.7. The van der Waals surface area contributed by atoms with Crippen LogP contribution in [0.4, 0.5) is 0 Å². The number of para-hydroxylation sites is 1. The predicted octanol–water partition coefficient (Wildman–Crippen LogP) is 4.94. The van der Waals surface area contributed by atoms with E-state index >= 15 is 0 Å². The van der Waals surface area contributed by atoms with Gasteiger partial charge in [0.25, 0.3) is 0 Å².